The second-order valence-corrected chi connectivity index (χ2v) is 6.37. The number of nitrogens with zero attached hydrogens (tertiary/aromatic N) is 3. The average Bonchev–Trinajstić information content (AvgIpc) is 2.99. The lowest BCUT2D eigenvalue weighted by molar-refractivity contribution is 0.102. The van der Waals surface area contributed by atoms with Crippen LogP contribution in [-0.2, 0) is 6.42 Å². The van der Waals surface area contributed by atoms with Crippen molar-refractivity contribution in [2.75, 3.05) is 10.2 Å². The van der Waals surface area contributed by atoms with Crippen molar-refractivity contribution in [2.45, 2.75) is 19.4 Å². The zero-order valence-electron chi connectivity index (χ0n) is 14.5. The molecule has 1 N–H and O–H groups in total. The van der Waals surface area contributed by atoms with Crippen LogP contribution in [0.1, 0.15) is 23.0 Å². The number of halogens is 2. The highest BCUT2D eigenvalue weighted by Crippen LogP contribution is 2.36. The largest absolute Gasteiger partial charge is 0.318 e. The summed E-state index contributed by atoms with van der Waals surface area (Å²) in [5.74, 6) is -1.75. The zero-order chi connectivity index (χ0) is 19.0. The predicted octanol–water partition coefficient (Wildman–Crippen LogP) is 4.09. The summed E-state index contributed by atoms with van der Waals surface area (Å²) in [5.41, 5.74) is 2.19. The number of carbonyl (C=O) groups excluding carboxylic acids is 1. The van der Waals surface area contributed by atoms with E-state index in [-0.39, 0.29) is 17.4 Å². The maximum atomic E-state index is 13.8. The van der Waals surface area contributed by atoms with E-state index in [1.807, 2.05) is 23.1 Å². The first-order valence-corrected chi connectivity index (χ1v) is 8.49. The number of rotatable bonds is 3. The molecule has 0 aliphatic carbocycles. The van der Waals surface area contributed by atoms with E-state index < -0.39 is 17.5 Å². The van der Waals surface area contributed by atoms with Gasteiger partial charge in [0.1, 0.15) is 17.3 Å². The molecule has 4 rings (SSSR count). The van der Waals surface area contributed by atoms with Crippen LogP contribution in [-0.4, -0.2) is 21.9 Å². The van der Waals surface area contributed by atoms with Crippen molar-refractivity contribution in [1.82, 2.24) is 9.97 Å². The minimum atomic E-state index is -0.847. The quantitative estimate of drug-likeness (QED) is 0.759. The Kier molecular flexibility index (Phi) is 4.27. The summed E-state index contributed by atoms with van der Waals surface area (Å²) < 4.78 is 26.8. The minimum absolute atomic E-state index is 0.0975. The lowest BCUT2D eigenvalue weighted by Gasteiger charge is -2.22. The van der Waals surface area contributed by atoms with Crippen LogP contribution in [0.2, 0.25) is 0 Å². The normalized spacial score (nSPS) is 15.5. The number of hydrogen-bond acceptors (Lipinski definition) is 4. The van der Waals surface area contributed by atoms with Gasteiger partial charge in [0.15, 0.2) is 0 Å². The Morgan fingerprint density at radius 1 is 1.19 bits per heavy atom. The molecule has 1 atom stereocenters. The first-order valence-electron chi connectivity index (χ1n) is 8.49. The fourth-order valence-corrected chi connectivity index (χ4v) is 3.24. The first kappa shape index (κ1) is 17.1. The summed E-state index contributed by atoms with van der Waals surface area (Å²) in [4.78, 5) is 23.1. The van der Waals surface area contributed by atoms with E-state index in [2.05, 4.69) is 28.3 Å². The predicted molar refractivity (Wildman–Crippen MR) is 98.1 cm³/mol. The van der Waals surface area contributed by atoms with E-state index in [1.165, 1.54) is 23.9 Å². The summed E-state index contributed by atoms with van der Waals surface area (Å²) in [7, 11) is 0. The molecule has 1 aliphatic heterocycles. The van der Waals surface area contributed by atoms with Crippen molar-refractivity contribution in [3.8, 4) is 0 Å². The molecule has 27 heavy (non-hydrogen) atoms. The van der Waals surface area contributed by atoms with Crippen LogP contribution < -0.4 is 10.2 Å². The number of nitrogens with one attached hydrogen (secondary N) is 1. The molecule has 1 unspecified atom stereocenters. The van der Waals surface area contributed by atoms with E-state index in [4.69, 9.17) is 0 Å². The number of para-hydroxylation sites is 1. The zero-order valence-corrected chi connectivity index (χ0v) is 14.5. The summed E-state index contributed by atoms with van der Waals surface area (Å²) in [5, 5.41) is 2.41. The van der Waals surface area contributed by atoms with Gasteiger partial charge in [0.05, 0.1) is 5.69 Å². The van der Waals surface area contributed by atoms with Crippen LogP contribution in [0.4, 0.5) is 26.1 Å². The van der Waals surface area contributed by atoms with E-state index >= 15 is 0 Å². The molecule has 2 heterocycles. The fraction of sp³-hybridized carbons (Fsp3) is 0.150. The monoisotopic (exact) mass is 366 g/mol. The molecule has 3 aromatic rings. The molecule has 0 saturated heterocycles. The molecule has 1 aliphatic rings. The van der Waals surface area contributed by atoms with Crippen molar-refractivity contribution >= 4 is 23.2 Å². The van der Waals surface area contributed by atoms with Crippen molar-refractivity contribution in [3.63, 3.8) is 0 Å². The summed E-state index contributed by atoms with van der Waals surface area (Å²) in [6.45, 7) is 2.06. The number of anilines is 3. The van der Waals surface area contributed by atoms with Gasteiger partial charge >= 0.3 is 0 Å². The third-order valence-corrected chi connectivity index (χ3v) is 4.48. The van der Waals surface area contributed by atoms with Gasteiger partial charge in [0.2, 0.25) is 5.95 Å². The van der Waals surface area contributed by atoms with Gasteiger partial charge < -0.3 is 10.2 Å². The van der Waals surface area contributed by atoms with E-state index in [0.29, 0.717) is 12.0 Å². The Morgan fingerprint density at radius 2 is 2.00 bits per heavy atom. The van der Waals surface area contributed by atoms with Crippen LogP contribution in [0.3, 0.4) is 0 Å². The molecule has 0 radical (unpaired) electrons. The number of fused-ring (bicyclic) bond motifs is 1. The van der Waals surface area contributed by atoms with Gasteiger partial charge in [0.25, 0.3) is 5.91 Å². The number of benzene rings is 2. The number of hydrogen-bond donors (Lipinski definition) is 1. The topological polar surface area (TPSA) is 58.1 Å². The Labute approximate surface area is 154 Å². The summed E-state index contributed by atoms with van der Waals surface area (Å²) in [6.07, 6.45) is 2.35. The van der Waals surface area contributed by atoms with Crippen molar-refractivity contribution in [2.24, 2.45) is 0 Å². The third kappa shape index (κ3) is 3.23. The van der Waals surface area contributed by atoms with Gasteiger partial charge in [-0.05, 0) is 43.2 Å². The van der Waals surface area contributed by atoms with Gasteiger partial charge in [-0.3, -0.25) is 4.79 Å². The lowest BCUT2D eigenvalue weighted by atomic mass is 10.1. The summed E-state index contributed by atoms with van der Waals surface area (Å²) in [6, 6.07) is 12.5. The Hall–Kier alpha value is -3.35. The standard InChI is InChI=1S/C20H16F2N4O/c1-12-10-13-4-2-3-5-18(13)26(12)20-23-9-8-17(25-20)19(27)24-16-7-6-14(21)11-15(16)22/h2-9,11-12H,10H2,1H3,(H,24,27). The van der Waals surface area contributed by atoms with Crippen LogP contribution >= 0.6 is 0 Å². The highest BCUT2D eigenvalue weighted by atomic mass is 19.1. The van der Waals surface area contributed by atoms with Crippen molar-refractivity contribution in [1.29, 1.82) is 0 Å². The van der Waals surface area contributed by atoms with E-state index in [9.17, 15) is 13.6 Å². The van der Waals surface area contributed by atoms with Crippen LogP contribution in [0.5, 0.6) is 0 Å². The molecule has 0 spiro atoms. The molecule has 0 saturated carbocycles. The van der Waals surface area contributed by atoms with Crippen LogP contribution in [0.25, 0.3) is 0 Å². The molecule has 0 fully saturated rings. The molecule has 136 valence electrons. The van der Waals surface area contributed by atoms with Crippen molar-refractivity contribution in [3.05, 3.63) is 77.6 Å². The van der Waals surface area contributed by atoms with Gasteiger partial charge in [-0.2, -0.15) is 0 Å². The fourth-order valence-electron chi connectivity index (χ4n) is 3.24. The lowest BCUT2D eigenvalue weighted by Crippen LogP contribution is -2.27. The van der Waals surface area contributed by atoms with Gasteiger partial charge in [-0.25, -0.2) is 18.7 Å². The van der Waals surface area contributed by atoms with Gasteiger partial charge in [-0.1, -0.05) is 18.2 Å². The molecule has 0 bridgehead atoms. The van der Waals surface area contributed by atoms with Crippen molar-refractivity contribution < 1.29 is 13.6 Å². The number of amides is 1. The Morgan fingerprint density at radius 3 is 2.81 bits per heavy atom. The highest BCUT2D eigenvalue weighted by molar-refractivity contribution is 6.03. The number of carbonyl (C=O) groups is 1. The second-order valence-electron chi connectivity index (χ2n) is 6.37. The van der Waals surface area contributed by atoms with Crippen LogP contribution in [0.15, 0.2) is 54.7 Å². The Balaban J connectivity index is 1.62. The third-order valence-electron chi connectivity index (χ3n) is 4.48. The first-order chi connectivity index (χ1) is 13.0. The van der Waals surface area contributed by atoms with E-state index in [1.54, 1.807) is 0 Å². The minimum Gasteiger partial charge on any atom is -0.318 e. The molecule has 5 nitrogen and oxygen atoms in total. The average molecular weight is 366 g/mol. The van der Waals surface area contributed by atoms with Gasteiger partial charge in [-0.15, -0.1) is 0 Å². The maximum absolute atomic E-state index is 13.8. The van der Waals surface area contributed by atoms with Crippen LogP contribution in [0, 0.1) is 11.6 Å². The Bertz CT molecular complexity index is 1020. The molecular weight excluding hydrogens is 350 g/mol. The molecule has 1 amide bonds. The maximum Gasteiger partial charge on any atom is 0.274 e. The highest BCUT2D eigenvalue weighted by Gasteiger charge is 2.29. The number of aromatic nitrogens is 2. The smallest absolute Gasteiger partial charge is 0.274 e. The van der Waals surface area contributed by atoms with Gasteiger partial charge in [0, 0.05) is 24.0 Å². The second kappa shape index (κ2) is 6.75. The molecule has 7 heteroatoms. The molecule has 1 aromatic heterocycles. The molecular formula is C20H16F2N4O. The summed E-state index contributed by atoms with van der Waals surface area (Å²) >= 11 is 0. The SMILES string of the molecule is CC1Cc2ccccc2N1c1nccc(C(=O)Nc2ccc(F)cc2F)n1. The molecule has 2 aromatic carbocycles. The van der Waals surface area contributed by atoms with E-state index in [0.717, 1.165) is 18.2 Å².